The number of rotatable bonds is 14. The average Bonchev–Trinajstić information content (AvgIpc) is 3.63. The first kappa shape index (κ1) is 37.5. The molecule has 1 atom stereocenters. The Morgan fingerprint density at radius 2 is 1.42 bits per heavy atom. The maximum Gasteiger partial charge on any atom is 0.404 e. The van der Waals surface area contributed by atoms with Crippen LogP contribution in [0, 0.1) is 0 Å². The molecule has 5 aromatic rings. The molecular weight excluding hydrogens is 764 g/mol. The molecule has 2 N–H and O–H groups in total. The fraction of sp³-hybridized carbons (Fsp3) is 0.263. The largest absolute Gasteiger partial charge is 0.497 e. The van der Waals surface area contributed by atoms with Gasteiger partial charge in [0, 0.05) is 29.2 Å². The van der Waals surface area contributed by atoms with Crippen LogP contribution in [-0.4, -0.2) is 71.5 Å². The van der Waals surface area contributed by atoms with Crippen molar-refractivity contribution in [2.75, 3.05) is 21.3 Å². The smallest absolute Gasteiger partial charge is 0.404 e. The lowest BCUT2D eigenvalue weighted by atomic mass is 9.88. The first-order valence-corrected chi connectivity index (χ1v) is 19.0. The molecule has 0 fully saturated rings. The second kappa shape index (κ2) is 16.6. The molecule has 13 nitrogen and oxygen atoms in total. The van der Waals surface area contributed by atoms with Gasteiger partial charge in [0.15, 0.2) is 5.82 Å². The average molecular weight is 804 g/mol. The number of hydrogen-bond donors (Lipinski definition) is 2. The van der Waals surface area contributed by atoms with Crippen molar-refractivity contribution in [1.29, 1.82) is 0 Å². The zero-order valence-corrected chi connectivity index (χ0v) is 31.8. The third-order valence-corrected chi connectivity index (χ3v) is 11.9. The topological polar surface area (TPSA) is 158 Å². The summed E-state index contributed by atoms with van der Waals surface area (Å²) < 4.78 is 50.0. The number of ether oxygens (including phenoxy) is 3. The molecule has 1 aliphatic carbocycles. The number of benzene rings is 4. The molecule has 276 valence electrons. The first-order chi connectivity index (χ1) is 25.6. The fourth-order valence-corrected chi connectivity index (χ4v) is 8.92. The molecule has 0 bridgehead atoms. The van der Waals surface area contributed by atoms with Crippen LogP contribution in [0.1, 0.15) is 41.5 Å². The molecule has 15 heteroatoms. The molecule has 0 spiro atoms. The number of halogens is 1. The highest BCUT2D eigenvalue weighted by atomic mass is 79.9. The van der Waals surface area contributed by atoms with Crippen LogP contribution < -0.4 is 19.5 Å². The Morgan fingerprint density at radius 3 is 1.91 bits per heavy atom. The van der Waals surface area contributed by atoms with Crippen LogP contribution in [0.25, 0.3) is 17.0 Å². The third-order valence-electron chi connectivity index (χ3n) is 9.07. The van der Waals surface area contributed by atoms with Gasteiger partial charge in [-0.1, -0.05) is 48.5 Å². The van der Waals surface area contributed by atoms with Crippen LogP contribution in [0.2, 0.25) is 0 Å². The molecule has 1 heterocycles. The highest BCUT2D eigenvalue weighted by molar-refractivity contribution is 9.10. The fourth-order valence-electron chi connectivity index (χ4n) is 6.30. The van der Waals surface area contributed by atoms with E-state index >= 15 is 8.42 Å². The normalized spacial score (nSPS) is 14.4. The Morgan fingerprint density at radius 1 is 0.868 bits per heavy atom. The molecule has 4 aromatic carbocycles. The molecule has 0 radical (unpaired) electrons. The summed E-state index contributed by atoms with van der Waals surface area (Å²) in [5.41, 5.74) is 4.23. The second-order valence-corrected chi connectivity index (χ2v) is 15.2. The Hall–Kier alpha value is -5.25. The predicted molar refractivity (Wildman–Crippen MR) is 202 cm³/mol. The van der Waals surface area contributed by atoms with Crippen molar-refractivity contribution in [1.82, 2.24) is 29.8 Å². The Bertz CT molecular complexity index is 2140. The maximum absolute atomic E-state index is 15.3. The molecule has 6 rings (SSSR count). The Balaban J connectivity index is 1.51. The predicted octanol–water partition coefficient (Wildman–Crippen LogP) is 6.77. The minimum Gasteiger partial charge on any atom is -0.497 e. The summed E-state index contributed by atoms with van der Waals surface area (Å²) in [5, 5.41) is 24.6. The lowest BCUT2D eigenvalue weighted by molar-refractivity contribution is 0.189. The molecule has 1 amide bonds. The molecule has 1 aliphatic rings. The number of methoxy groups -OCH3 is 3. The van der Waals surface area contributed by atoms with E-state index in [9.17, 15) is 9.90 Å². The molecule has 0 aliphatic heterocycles. The molecular formula is C38H39BrN6O7S. The van der Waals surface area contributed by atoms with Crippen molar-refractivity contribution in [2.24, 2.45) is 0 Å². The van der Waals surface area contributed by atoms with Crippen molar-refractivity contribution in [3.63, 3.8) is 0 Å². The highest BCUT2D eigenvalue weighted by Gasteiger charge is 2.35. The van der Waals surface area contributed by atoms with Crippen LogP contribution in [0.15, 0.2) is 100 Å². The van der Waals surface area contributed by atoms with Gasteiger partial charge >= 0.3 is 6.09 Å². The molecule has 1 aromatic heterocycles. The van der Waals surface area contributed by atoms with E-state index in [-0.39, 0.29) is 36.4 Å². The number of allylic oxidation sites excluding steroid dienone is 1. The third kappa shape index (κ3) is 8.70. The van der Waals surface area contributed by atoms with E-state index in [1.807, 2.05) is 60.7 Å². The second-order valence-electron chi connectivity index (χ2n) is 12.4. The number of nitrogens with zero attached hydrogens (tertiary/aromatic N) is 5. The number of aromatic nitrogens is 4. The molecule has 0 saturated carbocycles. The van der Waals surface area contributed by atoms with E-state index < -0.39 is 16.1 Å². The summed E-state index contributed by atoms with van der Waals surface area (Å²) >= 11 is 3.62. The summed E-state index contributed by atoms with van der Waals surface area (Å²) in [6.45, 7) is 0.357. The van der Waals surface area contributed by atoms with Crippen LogP contribution in [0.4, 0.5) is 4.79 Å². The molecule has 53 heavy (non-hydrogen) atoms. The zero-order chi connectivity index (χ0) is 37.5. The van der Waals surface area contributed by atoms with Crippen LogP contribution in [0.3, 0.4) is 0 Å². The standard InChI is InChI=1S/C38H39BrN6O7S/c1-50-30-14-4-25(5-15-30)22-44(23-26-6-16-31(51-2)17-7-26)53(48,49)36-34(39)21-20-33(28-10-12-29(13-11-28)40-38(46)47)35(36)37-41-42-43-45(37)24-27-8-18-32(52-3)19-9-27/h4-10,14-21,29,40H,11-13,22-24H2,1-3H3,(H,46,47). The quantitative estimate of drug-likeness (QED) is 0.123. The van der Waals surface area contributed by atoms with Gasteiger partial charge in [-0.15, -0.1) is 5.10 Å². The summed E-state index contributed by atoms with van der Waals surface area (Å²) in [5.74, 6) is 2.26. The number of hydrogen-bond acceptors (Lipinski definition) is 9. The van der Waals surface area contributed by atoms with Crippen molar-refractivity contribution < 1.29 is 32.5 Å². The van der Waals surface area contributed by atoms with E-state index in [1.54, 1.807) is 56.3 Å². The lowest BCUT2D eigenvalue weighted by Crippen LogP contribution is -2.34. The lowest BCUT2D eigenvalue weighted by Gasteiger charge is -2.27. The van der Waals surface area contributed by atoms with Gasteiger partial charge in [-0.05, 0) is 116 Å². The summed E-state index contributed by atoms with van der Waals surface area (Å²) in [7, 11) is 0.429. The monoisotopic (exact) mass is 802 g/mol. The number of nitrogens with one attached hydrogen (secondary N) is 1. The summed E-state index contributed by atoms with van der Waals surface area (Å²) in [6.07, 6.45) is 2.35. The number of sulfonamides is 1. The summed E-state index contributed by atoms with van der Waals surface area (Å²) in [4.78, 5) is 11.4. The van der Waals surface area contributed by atoms with Gasteiger partial charge < -0.3 is 24.6 Å². The number of amides is 1. The SMILES string of the molecule is COc1ccc(CN(Cc2ccc(OC)cc2)S(=O)(=O)c2c(Br)ccc(C3=CCC(NC(=O)O)CC3)c2-c2nnnn2Cc2ccc(OC)cc2)cc1. The highest BCUT2D eigenvalue weighted by Crippen LogP contribution is 2.42. The molecule has 1 unspecified atom stereocenters. The van der Waals surface area contributed by atoms with E-state index in [0.29, 0.717) is 52.1 Å². The van der Waals surface area contributed by atoms with Gasteiger partial charge in [-0.25, -0.2) is 17.9 Å². The van der Waals surface area contributed by atoms with E-state index in [0.717, 1.165) is 22.3 Å². The zero-order valence-electron chi connectivity index (χ0n) is 29.4. The Kier molecular flexibility index (Phi) is 11.8. The number of tetrazole rings is 1. The van der Waals surface area contributed by atoms with Gasteiger partial charge in [-0.2, -0.15) is 4.31 Å². The van der Waals surface area contributed by atoms with Crippen LogP contribution >= 0.6 is 15.9 Å². The van der Waals surface area contributed by atoms with Crippen molar-refractivity contribution >= 4 is 37.6 Å². The van der Waals surface area contributed by atoms with Gasteiger partial charge in [0.25, 0.3) is 0 Å². The first-order valence-electron chi connectivity index (χ1n) is 16.8. The molecule has 0 saturated heterocycles. The van der Waals surface area contributed by atoms with Crippen LogP contribution in [-0.2, 0) is 29.7 Å². The van der Waals surface area contributed by atoms with Gasteiger partial charge in [0.1, 0.15) is 22.1 Å². The van der Waals surface area contributed by atoms with E-state index in [4.69, 9.17) is 14.2 Å². The van der Waals surface area contributed by atoms with E-state index in [2.05, 4.69) is 36.8 Å². The van der Waals surface area contributed by atoms with Crippen molar-refractivity contribution in [2.45, 2.75) is 49.8 Å². The summed E-state index contributed by atoms with van der Waals surface area (Å²) in [6, 6.07) is 25.3. The van der Waals surface area contributed by atoms with E-state index in [1.165, 1.54) is 4.31 Å². The van der Waals surface area contributed by atoms with Gasteiger partial charge in [0.05, 0.1) is 27.9 Å². The maximum atomic E-state index is 15.3. The van der Waals surface area contributed by atoms with Gasteiger partial charge in [0.2, 0.25) is 10.0 Å². The van der Waals surface area contributed by atoms with Crippen molar-refractivity contribution in [3.8, 4) is 28.6 Å². The minimum atomic E-state index is -4.32. The van der Waals surface area contributed by atoms with Crippen molar-refractivity contribution in [3.05, 3.63) is 118 Å². The number of carbonyl (C=O) groups is 1. The minimum absolute atomic E-state index is 0.00879. The van der Waals surface area contributed by atoms with Crippen LogP contribution in [0.5, 0.6) is 17.2 Å². The Labute approximate surface area is 316 Å². The number of carboxylic acid groups (broad SMARTS) is 1. The van der Waals surface area contributed by atoms with Gasteiger partial charge in [-0.3, -0.25) is 0 Å².